The molecule has 4 nitrogen and oxygen atoms in total. The summed E-state index contributed by atoms with van der Waals surface area (Å²) in [7, 11) is 0. The fraction of sp³-hybridized carbons (Fsp3) is 0.760. The molecule has 0 radical (unpaired) electrons. The zero-order valence-corrected chi connectivity index (χ0v) is 18.2. The first-order chi connectivity index (χ1) is 14.6. The molecule has 3 aliphatic rings. The Labute approximate surface area is 181 Å². The maximum atomic E-state index is 14.5. The minimum atomic E-state index is -0.787. The number of nitrogens with zero attached hydrogens (tertiary/aromatic N) is 1. The van der Waals surface area contributed by atoms with Crippen molar-refractivity contribution in [3.05, 3.63) is 24.4 Å². The van der Waals surface area contributed by atoms with Crippen molar-refractivity contribution in [3.8, 4) is 0 Å². The number of rotatable bonds is 8. The van der Waals surface area contributed by atoms with Gasteiger partial charge in [0, 0.05) is 12.2 Å². The number of nitrogens with one attached hydrogen (secondary N) is 1. The van der Waals surface area contributed by atoms with Crippen molar-refractivity contribution in [1.82, 2.24) is 5.32 Å². The minimum absolute atomic E-state index is 0.0226. The Balaban J connectivity index is 1.41. The van der Waals surface area contributed by atoms with Gasteiger partial charge in [0.15, 0.2) is 0 Å². The normalized spacial score (nSPS) is 35.8. The molecule has 5 atom stereocenters. The van der Waals surface area contributed by atoms with Gasteiger partial charge in [-0.1, -0.05) is 18.2 Å². The molecule has 0 aromatic carbocycles. The number of allylic oxidation sites excluding steroid dienone is 2. The lowest BCUT2D eigenvalue weighted by atomic mass is 9.74. The number of hydrogen-bond acceptors (Lipinski definition) is 3. The number of aliphatic hydroxyl groups excluding tert-OH is 1. The highest BCUT2D eigenvalue weighted by atomic mass is 19.1. The van der Waals surface area contributed by atoms with Crippen LogP contribution < -0.4 is 5.32 Å². The molecule has 5 heteroatoms. The highest BCUT2D eigenvalue weighted by molar-refractivity contribution is 5.80. The first kappa shape index (κ1) is 23.2. The van der Waals surface area contributed by atoms with Crippen LogP contribution >= 0.6 is 0 Å². The van der Waals surface area contributed by atoms with Crippen LogP contribution in [0.15, 0.2) is 29.4 Å². The van der Waals surface area contributed by atoms with Crippen LogP contribution in [0.2, 0.25) is 0 Å². The summed E-state index contributed by atoms with van der Waals surface area (Å²) in [5.74, 6) is 0.633. The molecule has 2 fully saturated rings. The summed E-state index contributed by atoms with van der Waals surface area (Å²) < 4.78 is 14.5. The van der Waals surface area contributed by atoms with E-state index in [2.05, 4.69) is 23.1 Å². The van der Waals surface area contributed by atoms with Gasteiger partial charge in [0.2, 0.25) is 5.91 Å². The molecule has 0 spiro atoms. The number of hydrogen-bond donors (Lipinski definition) is 2. The van der Waals surface area contributed by atoms with E-state index in [1.54, 1.807) is 6.20 Å². The molecule has 0 heterocycles. The summed E-state index contributed by atoms with van der Waals surface area (Å²) in [6, 6.07) is 0.228. The molecule has 2 N–H and O–H groups in total. The van der Waals surface area contributed by atoms with Crippen LogP contribution in [0, 0.1) is 23.7 Å². The van der Waals surface area contributed by atoms with Gasteiger partial charge < -0.3 is 10.4 Å². The van der Waals surface area contributed by atoms with Gasteiger partial charge in [-0.2, -0.15) is 0 Å². The van der Waals surface area contributed by atoms with Gasteiger partial charge in [-0.05, 0) is 102 Å². The van der Waals surface area contributed by atoms with Gasteiger partial charge in [0.1, 0.15) is 6.17 Å². The SMILES string of the molecule is C=N/C=C/C1CCCC(F)C1CCC(O)C1CCC(NC(=O)C2C=CCCC2)CC1. The molecular weight excluding hydrogens is 379 g/mol. The molecule has 0 saturated heterocycles. The molecular formula is C25H39FN2O2. The molecule has 0 bridgehead atoms. The lowest BCUT2D eigenvalue weighted by molar-refractivity contribution is -0.125. The fourth-order valence-corrected chi connectivity index (χ4v) is 5.64. The Morgan fingerprint density at radius 2 is 2.00 bits per heavy atom. The largest absolute Gasteiger partial charge is 0.393 e. The van der Waals surface area contributed by atoms with Crippen LogP contribution in [0.1, 0.15) is 77.0 Å². The summed E-state index contributed by atoms with van der Waals surface area (Å²) in [6.45, 7) is 3.47. The number of carbonyl (C=O) groups excluding carboxylic acids is 1. The third kappa shape index (κ3) is 6.50. The minimum Gasteiger partial charge on any atom is -0.393 e. The summed E-state index contributed by atoms with van der Waals surface area (Å²) in [6.07, 6.45) is 17.4. The maximum Gasteiger partial charge on any atom is 0.227 e. The predicted molar refractivity (Wildman–Crippen MR) is 120 cm³/mol. The highest BCUT2D eigenvalue weighted by Crippen LogP contribution is 2.38. The monoisotopic (exact) mass is 418 g/mol. The lowest BCUT2D eigenvalue weighted by Crippen LogP contribution is -2.42. The van der Waals surface area contributed by atoms with Crippen molar-refractivity contribution in [2.75, 3.05) is 0 Å². The van der Waals surface area contributed by atoms with E-state index < -0.39 is 6.17 Å². The number of aliphatic hydroxyl groups is 1. The third-order valence-corrected chi connectivity index (χ3v) is 7.52. The average Bonchev–Trinajstić information content (AvgIpc) is 2.78. The van der Waals surface area contributed by atoms with Gasteiger partial charge in [0.05, 0.1) is 12.0 Å². The number of carbonyl (C=O) groups is 1. The first-order valence-corrected chi connectivity index (χ1v) is 12.0. The molecule has 5 unspecified atom stereocenters. The van der Waals surface area contributed by atoms with E-state index in [0.717, 1.165) is 64.2 Å². The zero-order valence-electron chi connectivity index (χ0n) is 18.2. The average molecular weight is 419 g/mol. The summed E-state index contributed by atoms with van der Waals surface area (Å²) in [4.78, 5) is 16.2. The van der Waals surface area contributed by atoms with E-state index in [4.69, 9.17) is 0 Å². The molecule has 2 saturated carbocycles. The number of aliphatic imine (C=N–C) groups is 1. The van der Waals surface area contributed by atoms with Crippen LogP contribution in [-0.2, 0) is 4.79 Å². The Kier molecular flexibility index (Phi) is 9.10. The summed E-state index contributed by atoms with van der Waals surface area (Å²) in [5.41, 5.74) is 0. The van der Waals surface area contributed by atoms with E-state index in [9.17, 15) is 14.3 Å². The van der Waals surface area contributed by atoms with Crippen molar-refractivity contribution in [3.63, 3.8) is 0 Å². The highest BCUT2D eigenvalue weighted by Gasteiger charge is 2.34. The Bertz CT molecular complexity index is 612. The second-order valence-corrected chi connectivity index (χ2v) is 9.53. The molecule has 3 rings (SSSR count). The quantitative estimate of drug-likeness (QED) is 0.424. The van der Waals surface area contributed by atoms with Crippen LogP contribution in [0.5, 0.6) is 0 Å². The van der Waals surface area contributed by atoms with E-state index in [0.29, 0.717) is 12.8 Å². The summed E-state index contributed by atoms with van der Waals surface area (Å²) in [5, 5.41) is 14.0. The molecule has 0 aromatic heterocycles. The van der Waals surface area contributed by atoms with Crippen molar-refractivity contribution in [2.24, 2.45) is 28.7 Å². The van der Waals surface area contributed by atoms with Gasteiger partial charge in [0.25, 0.3) is 0 Å². The van der Waals surface area contributed by atoms with E-state index in [1.807, 2.05) is 12.2 Å². The summed E-state index contributed by atoms with van der Waals surface area (Å²) >= 11 is 0. The van der Waals surface area contributed by atoms with E-state index >= 15 is 0 Å². The van der Waals surface area contributed by atoms with Crippen molar-refractivity contribution >= 4 is 12.6 Å². The molecule has 0 aliphatic heterocycles. The first-order valence-electron chi connectivity index (χ1n) is 12.0. The molecule has 3 aliphatic carbocycles. The molecule has 168 valence electrons. The second kappa shape index (κ2) is 11.8. The number of amides is 1. The van der Waals surface area contributed by atoms with Crippen LogP contribution in [0.3, 0.4) is 0 Å². The van der Waals surface area contributed by atoms with E-state index in [-0.39, 0.29) is 41.7 Å². The van der Waals surface area contributed by atoms with Crippen molar-refractivity contribution in [2.45, 2.75) is 95.4 Å². The standard InChI is InChI=1S/C25H39FN2O2/c1-27-17-16-18-8-5-9-23(26)22(18)14-15-24(29)19-10-12-21(13-11-19)28-25(30)20-6-3-2-4-7-20/h3,6,16-24,29H,1-2,4-5,7-15H2,(H,28,30)/b17-16+. The maximum absolute atomic E-state index is 14.5. The Hall–Kier alpha value is -1.49. The molecule has 30 heavy (non-hydrogen) atoms. The molecule has 1 amide bonds. The van der Waals surface area contributed by atoms with Crippen molar-refractivity contribution in [1.29, 1.82) is 0 Å². The Morgan fingerprint density at radius 3 is 2.70 bits per heavy atom. The zero-order chi connectivity index (χ0) is 21.3. The topological polar surface area (TPSA) is 61.7 Å². The number of alkyl halides is 1. The van der Waals surface area contributed by atoms with Crippen molar-refractivity contribution < 1.29 is 14.3 Å². The van der Waals surface area contributed by atoms with Gasteiger partial charge in [-0.3, -0.25) is 9.79 Å². The smallest absolute Gasteiger partial charge is 0.227 e. The van der Waals surface area contributed by atoms with Gasteiger partial charge in [-0.15, -0.1) is 0 Å². The fourth-order valence-electron chi connectivity index (χ4n) is 5.64. The van der Waals surface area contributed by atoms with Crippen LogP contribution in [0.4, 0.5) is 4.39 Å². The van der Waals surface area contributed by atoms with Gasteiger partial charge in [-0.25, -0.2) is 4.39 Å². The Morgan fingerprint density at radius 1 is 1.20 bits per heavy atom. The third-order valence-electron chi connectivity index (χ3n) is 7.52. The molecule has 0 aromatic rings. The predicted octanol–water partition coefficient (Wildman–Crippen LogP) is 5.13. The van der Waals surface area contributed by atoms with Crippen LogP contribution in [-0.4, -0.2) is 36.0 Å². The second-order valence-electron chi connectivity index (χ2n) is 9.53. The van der Waals surface area contributed by atoms with Crippen LogP contribution in [0.25, 0.3) is 0 Å². The number of halogens is 1. The van der Waals surface area contributed by atoms with E-state index in [1.165, 1.54) is 0 Å². The van der Waals surface area contributed by atoms with Gasteiger partial charge >= 0.3 is 0 Å². The lowest BCUT2D eigenvalue weighted by Gasteiger charge is -2.35.